The van der Waals surface area contributed by atoms with E-state index in [4.69, 9.17) is 23.2 Å². The summed E-state index contributed by atoms with van der Waals surface area (Å²) < 4.78 is 17.6. The molecule has 0 atom stereocenters. The molecular weight excluding hydrogens is 346 g/mol. The zero-order chi connectivity index (χ0) is 17.1. The van der Waals surface area contributed by atoms with Crippen LogP contribution in [-0.4, -0.2) is 54.8 Å². The van der Waals surface area contributed by atoms with Crippen molar-refractivity contribution in [2.75, 3.05) is 40.1 Å². The maximum Gasteiger partial charge on any atom is 0.329 e. The topological polar surface area (TPSA) is 55.9 Å². The van der Waals surface area contributed by atoms with E-state index in [9.17, 15) is 9.36 Å². The minimum absolute atomic E-state index is 0.292. The van der Waals surface area contributed by atoms with Crippen molar-refractivity contribution in [3.8, 4) is 0 Å². The van der Waals surface area contributed by atoms with Gasteiger partial charge in [-0.25, -0.2) is 14.1 Å². The van der Waals surface area contributed by atoms with E-state index < -0.39 is 13.6 Å². The molecule has 0 spiro atoms. The fourth-order valence-electron chi connectivity index (χ4n) is 2.00. The van der Waals surface area contributed by atoms with Crippen molar-refractivity contribution in [3.05, 3.63) is 28.2 Å². The average molecular weight is 367 g/mol. The number of hydrogen-bond donors (Lipinski definition) is 1. The molecule has 0 aliphatic rings. The Kier molecular flexibility index (Phi) is 6.71. The van der Waals surface area contributed by atoms with E-state index in [1.54, 1.807) is 62.7 Å². The molecule has 0 aliphatic heterocycles. The Hall–Kier alpha value is -0.780. The van der Waals surface area contributed by atoms with Gasteiger partial charge in [-0.3, -0.25) is 9.24 Å². The highest BCUT2D eigenvalue weighted by Gasteiger charge is 2.38. The Morgan fingerprint density at radius 1 is 1.14 bits per heavy atom. The second-order valence-corrected chi connectivity index (χ2v) is 8.91. The van der Waals surface area contributed by atoms with Gasteiger partial charge < -0.3 is 5.32 Å². The molecule has 0 radical (unpaired) electrons. The monoisotopic (exact) mass is 366 g/mol. The lowest BCUT2D eigenvalue weighted by atomic mass is 10.3. The number of amides is 2. The number of nitrogens with zero attached hydrogens (tertiary/aromatic N) is 3. The van der Waals surface area contributed by atoms with E-state index in [0.29, 0.717) is 22.3 Å². The first-order valence-electron chi connectivity index (χ1n) is 6.64. The van der Waals surface area contributed by atoms with Gasteiger partial charge in [-0.15, -0.1) is 0 Å². The lowest BCUT2D eigenvalue weighted by molar-refractivity contribution is 0.231. The van der Waals surface area contributed by atoms with Crippen LogP contribution in [0.4, 0.5) is 10.5 Å². The van der Waals surface area contributed by atoms with Crippen LogP contribution in [0, 0.1) is 0 Å². The van der Waals surface area contributed by atoms with Gasteiger partial charge in [0.25, 0.3) is 0 Å². The molecule has 9 heteroatoms. The van der Waals surface area contributed by atoms with E-state index in [0.717, 1.165) is 0 Å². The molecule has 0 unspecified atom stereocenters. The van der Waals surface area contributed by atoms with Gasteiger partial charge in [-0.2, -0.15) is 0 Å². The number of carbonyl (C=O) groups excluding carboxylic acids is 1. The predicted octanol–water partition coefficient (Wildman–Crippen LogP) is 4.08. The molecule has 6 nitrogen and oxygen atoms in total. The van der Waals surface area contributed by atoms with E-state index >= 15 is 0 Å². The van der Waals surface area contributed by atoms with Crippen molar-refractivity contribution in [2.45, 2.75) is 6.92 Å². The van der Waals surface area contributed by atoms with Crippen molar-refractivity contribution in [1.82, 2.24) is 14.0 Å². The van der Waals surface area contributed by atoms with Gasteiger partial charge in [0.1, 0.15) is 0 Å². The maximum atomic E-state index is 13.2. The third-order valence-electron chi connectivity index (χ3n) is 3.06. The molecule has 0 aromatic heterocycles. The van der Waals surface area contributed by atoms with Crippen LogP contribution in [0.5, 0.6) is 0 Å². The zero-order valence-corrected chi connectivity index (χ0v) is 15.7. The summed E-state index contributed by atoms with van der Waals surface area (Å²) in [6.07, 6.45) is 0. The first-order valence-corrected chi connectivity index (χ1v) is 8.96. The molecule has 2 amide bonds. The van der Waals surface area contributed by atoms with Gasteiger partial charge >= 0.3 is 13.6 Å². The zero-order valence-electron chi connectivity index (χ0n) is 13.3. The predicted molar refractivity (Wildman–Crippen MR) is 92.8 cm³/mol. The highest BCUT2D eigenvalue weighted by atomic mass is 35.5. The van der Waals surface area contributed by atoms with Crippen molar-refractivity contribution in [2.24, 2.45) is 0 Å². The number of halogens is 2. The van der Waals surface area contributed by atoms with Crippen LogP contribution in [0.2, 0.25) is 10.0 Å². The van der Waals surface area contributed by atoms with Gasteiger partial charge in [0.15, 0.2) is 0 Å². The molecule has 0 saturated carbocycles. The summed E-state index contributed by atoms with van der Waals surface area (Å²) in [6, 6.07) is 4.31. The number of hydrogen-bond acceptors (Lipinski definition) is 2. The van der Waals surface area contributed by atoms with Crippen molar-refractivity contribution >= 4 is 42.5 Å². The van der Waals surface area contributed by atoms with Gasteiger partial charge in [0.05, 0.1) is 10.0 Å². The normalized spacial score (nSPS) is 11.9. The van der Waals surface area contributed by atoms with E-state index in [1.807, 2.05) is 0 Å². The largest absolute Gasteiger partial charge is 0.329 e. The number of anilines is 1. The van der Waals surface area contributed by atoms with Crippen LogP contribution < -0.4 is 5.32 Å². The maximum absolute atomic E-state index is 13.2. The van der Waals surface area contributed by atoms with E-state index in [2.05, 4.69) is 5.32 Å². The van der Waals surface area contributed by atoms with Crippen LogP contribution in [0.3, 0.4) is 0 Å². The fourth-order valence-corrected chi connectivity index (χ4v) is 4.53. The third kappa shape index (κ3) is 3.94. The smallest absolute Gasteiger partial charge is 0.307 e. The number of benzene rings is 1. The molecule has 124 valence electrons. The molecule has 0 saturated heterocycles. The van der Waals surface area contributed by atoms with E-state index in [1.165, 1.54) is 4.67 Å². The molecule has 1 aromatic carbocycles. The van der Waals surface area contributed by atoms with Gasteiger partial charge in [0.2, 0.25) is 0 Å². The molecule has 22 heavy (non-hydrogen) atoms. The summed E-state index contributed by atoms with van der Waals surface area (Å²) in [4.78, 5) is 12.5. The molecule has 1 N–H and O–H groups in total. The summed E-state index contributed by atoms with van der Waals surface area (Å²) in [5, 5.41) is 3.44. The van der Waals surface area contributed by atoms with Gasteiger partial charge in [-0.1, -0.05) is 23.2 Å². The van der Waals surface area contributed by atoms with Crippen molar-refractivity contribution < 1.29 is 9.36 Å². The van der Waals surface area contributed by atoms with Crippen molar-refractivity contribution in [1.29, 1.82) is 0 Å². The molecule has 1 aromatic rings. The standard InChI is InChI=1S/C13H21Cl2N4O2P/c1-6-19(22(21,17(2)3)18(4)5)13(20)16-10-7-8-11(14)12(15)9-10/h7-9H,6H2,1-5H3,(H,16,20). The number of urea groups is 1. The Morgan fingerprint density at radius 2 is 1.68 bits per heavy atom. The Labute approximate surface area is 141 Å². The SMILES string of the molecule is CCN(C(=O)Nc1ccc(Cl)c(Cl)c1)P(=O)(N(C)C)N(C)C. The number of rotatable bonds is 5. The molecule has 0 heterocycles. The first-order chi connectivity index (χ1) is 10.1. The van der Waals surface area contributed by atoms with Crippen LogP contribution in [0.25, 0.3) is 0 Å². The number of carbonyl (C=O) groups is 1. The highest BCUT2D eigenvalue weighted by molar-refractivity contribution is 7.57. The molecule has 0 aliphatic carbocycles. The molecule has 0 bridgehead atoms. The lowest BCUT2D eigenvalue weighted by Gasteiger charge is -2.38. The number of nitrogens with one attached hydrogen (secondary N) is 1. The van der Waals surface area contributed by atoms with Gasteiger partial charge in [0, 0.05) is 12.2 Å². The molecule has 0 fully saturated rings. The molecular formula is C13H21Cl2N4O2P. The van der Waals surface area contributed by atoms with Crippen LogP contribution in [-0.2, 0) is 4.57 Å². The summed E-state index contributed by atoms with van der Waals surface area (Å²) in [7, 11) is 3.55. The second kappa shape index (κ2) is 7.66. The Morgan fingerprint density at radius 3 is 2.09 bits per heavy atom. The Bertz CT molecular complexity index is 583. The summed E-state index contributed by atoms with van der Waals surface area (Å²) in [5.74, 6) is 0. The van der Waals surface area contributed by atoms with Crippen LogP contribution >= 0.6 is 30.8 Å². The quantitative estimate of drug-likeness (QED) is 0.797. The summed E-state index contributed by atoms with van der Waals surface area (Å²) in [5.41, 5.74) is 0.488. The second-order valence-electron chi connectivity index (χ2n) is 4.98. The molecule has 1 rings (SSSR count). The minimum Gasteiger partial charge on any atom is -0.307 e. The van der Waals surface area contributed by atoms with Crippen LogP contribution in [0.1, 0.15) is 6.92 Å². The average Bonchev–Trinajstić information content (AvgIpc) is 2.42. The summed E-state index contributed by atoms with van der Waals surface area (Å²) in [6.45, 7) is 2.06. The highest BCUT2D eigenvalue weighted by Crippen LogP contribution is 2.53. The Balaban J connectivity index is 3.06. The van der Waals surface area contributed by atoms with Gasteiger partial charge in [-0.05, 0) is 53.3 Å². The van der Waals surface area contributed by atoms with Crippen molar-refractivity contribution in [3.63, 3.8) is 0 Å². The van der Waals surface area contributed by atoms with E-state index in [-0.39, 0.29) is 0 Å². The first kappa shape index (κ1) is 19.3. The minimum atomic E-state index is -3.16. The lowest BCUT2D eigenvalue weighted by Crippen LogP contribution is -2.40. The van der Waals surface area contributed by atoms with Crippen LogP contribution in [0.15, 0.2) is 18.2 Å². The fraction of sp³-hybridized carbons (Fsp3) is 0.462. The third-order valence-corrected chi connectivity index (χ3v) is 6.98. The summed E-state index contributed by atoms with van der Waals surface area (Å²) >= 11 is 11.8.